The van der Waals surface area contributed by atoms with E-state index in [1.807, 2.05) is 12.3 Å². The molecular weight excluding hydrogens is 452 g/mol. The average molecular weight is 481 g/mol. The number of benzene rings is 2. The van der Waals surface area contributed by atoms with Crippen LogP contribution in [0.5, 0.6) is 0 Å². The van der Waals surface area contributed by atoms with Crippen LogP contribution in [0.4, 0.5) is 0 Å². The summed E-state index contributed by atoms with van der Waals surface area (Å²) in [7, 11) is -3.59. The third kappa shape index (κ3) is 5.91. The van der Waals surface area contributed by atoms with Gasteiger partial charge in [-0.15, -0.1) is 0 Å². The number of hydrogen-bond donors (Lipinski definition) is 1. The number of rotatable bonds is 9. The molecule has 0 aliphatic heterocycles. The van der Waals surface area contributed by atoms with E-state index in [0.717, 1.165) is 17.5 Å². The highest BCUT2D eigenvalue weighted by Gasteiger charge is 2.27. The Kier molecular flexibility index (Phi) is 7.63. The van der Waals surface area contributed by atoms with Crippen LogP contribution in [0.1, 0.15) is 54.9 Å². The molecule has 4 nitrogen and oxygen atoms in total. The summed E-state index contributed by atoms with van der Waals surface area (Å²) in [5.41, 5.74) is 5.83. The van der Waals surface area contributed by atoms with Gasteiger partial charge in [0.1, 0.15) is 0 Å². The molecule has 0 saturated carbocycles. The topological polar surface area (TPSA) is 59.1 Å². The molecule has 0 saturated heterocycles. The van der Waals surface area contributed by atoms with Crippen LogP contribution in [0.3, 0.4) is 0 Å². The summed E-state index contributed by atoms with van der Waals surface area (Å²) in [6, 6.07) is 16.7. The number of nitrogens with zero attached hydrogens (tertiary/aromatic N) is 1. The zero-order valence-electron chi connectivity index (χ0n) is 18.8. The van der Waals surface area contributed by atoms with Crippen LogP contribution in [-0.2, 0) is 22.9 Å². The maximum absolute atomic E-state index is 12.8. The highest BCUT2D eigenvalue weighted by Crippen LogP contribution is 2.30. The van der Waals surface area contributed by atoms with Crippen molar-refractivity contribution < 1.29 is 8.42 Å². The predicted molar refractivity (Wildman–Crippen MR) is 135 cm³/mol. The summed E-state index contributed by atoms with van der Waals surface area (Å²) in [6.45, 7) is 2.21. The monoisotopic (exact) mass is 480 g/mol. The van der Waals surface area contributed by atoms with Gasteiger partial charge in [-0.3, -0.25) is 4.98 Å². The smallest absolute Gasteiger partial charge is 0.240 e. The van der Waals surface area contributed by atoms with Crippen LogP contribution in [0, 0.1) is 0 Å². The normalized spacial score (nSPS) is 16.1. The standard InChI is InChI=1S/C27H29ClN2O2S/c1-2-3-4-5-8-27(22-7-6-15-29-19-22)21-10-9-20-17-25(18-23(20)16-21)30-33(31,32)26-13-11-24(28)12-14-26/h6-16,19,25,30H,2-5,17-18H2,1H3. The molecule has 33 heavy (non-hydrogen) atoms. The highest BCUT2D eigenvalue weighted by atomic mass is 35.5. The molecule has 3 aromatic rings. The lowest BCUT2D eigenvalue weighted by molar-refractivity contribution is 0.555. The second kappa shape index (κ2) is 10.6. The van der Waals surface area contributed by atoms with Gasteiger partial charge >= 0.3 is 0 Å². The van der Waals surface area contributed by atoms with E-state index in [1.165, 1.54) is 48.1 Å². The molecule has 0 fully saturated rings. The summed E-state index contributed by atoms with van der Waals surface area (Å²) in [5.74, 6) is 0. The minimum atomic E-state index is -3.59. The van der Waals surface area contributed by atoms with Gasteiger partial charge < -0.3 is 0 Å². The first-order chi connectivity index (χ1) is 16.0. The van der Waals surface area contributed by atoms with Crippen molar-refractivity contribution >= 4 is 27.2 Å². The molecular formula is C27H29ClN2O2S. The van der Waals surface area contributed by atoms with Gasteiger partial charge in [-0.25, -0.2) is 13.1 Å². The van der Waals surface area contributed by atoms with E-state index in [-0.39, 0.29) is 10.9 Å². The summed E-state index contributed by atoms with van der Waals surface area (Å²) in [6.07, 6.45) is 12.0. The van der Waals surface area contributed by atoms with Crippen molar-refractivity contribution in [3.05, 3.63) is 100 Å². The van der Waals surface area contributed by atoms with Gasteiger partial charge in [-0.1, -0.05) is 61.7 Å². The maximum Gasteiger partial charge on any atom is 0.240 e. The van der Waals surface area contributed by atoms with Crippen molar-refractivity contribution in [2.24, 2.45) is 0 Å². The Bertz CT molecular complexity index is 1220. The second-order valence-corrected chi connectivity index (χ2v) is 10.7. The molecule has 0 radical (unpaired) electrons. The quantitative estimate of drug-likeness (QED) is 0.371. The third-order valence-corrected chi connectivity index (χ3v) is 7.81. The molecule has 1 N–H and O–H groups in total. The Hall–Kier alpha value is -2.47. The van der Waals surface area contributed by atoms with E-state index >= 15 is 0 Å². The van der Waals surface area contributed by atoms with Crippen molar-refractivity contribution in [3.8, 4) is 0 Å². The summed E-state index contributed by atoms with van der Waals surface area (Å²) in [4.78, 5) is 4.54. The molecule has 0 amide bonds. The maximum atomic E-state index is 12.8. The fourth-order valence-corrected chi connectivity index (χ4v) is 5.70. The van der Waals surface area contributed by atoms with E-state index in [9.17, 15) is 8.42 Å². The van der Waals surface area contributed by atoms with Gasteiger partial charge in [0.15, 0.2) is 0 Å². The number of pyridine rings is 1. The zero-order valence-corrected chi connectivity index (χ0v) is 20.4. The van der Waals surface area contributed by atoms with Crippen LogP contribution >= 0.6 is 11.6 Å². The Labute approximate surface area is 201 Å². The van der Waals surface area contributed by atoms with Crippen molar-refractivity contribution in [3.63, 3.8) is 0 Å². The Morgan fingerprint density at radius 3 is 2.58 bits per heavy atom. The summed E-state index contributed by atoms with van der Waals surface area (Å²) in [5, 5.41) is 0.516. The zero-order chi connectivity index (χ0) is 23.3. The lowest BCUT2D eigenvalue weighted by Gasteiger charge is -2.12. The molecule has 1 unspecified atom stereocenters. The van der Waals surface area contributed by atoms with Gasteiger partial charge in [0.05, 0.1) is 4.90 Å². The number of halogens is 1. The number of allylic oxidation sites excluding steroid dienone is 1. The van der Waals surface area contributed by atoms with Crippen molar-refractivity contribution in [2.45, 2.75) is 56.4 Å². The first kappa shape index (κ1) is 23.7. The number of unbranched alkanes of at least 4 members (excludes halogenated alkanes) is 3. The van der Waals surface area contributed by atoms with Crippen LogP contribution < -0.4 is 4.72 Å². The van der Waals surface area contributed by atoms with Crippen LogP contribution in [-0.4, -0.2) is 19.4 Å². The van der Waals surface area contributed by atoms with Gasteiger partial charge in [0, 0.05) is 29.0 Å². The molecule has 1 heterocycles. The largest absolute Gasteiger partial charge is 0.264 e. The highest BCUT2D eigenvalue weighted by molar-refractivity contribution is 7.89. The van der Waals surface area contributed by atoms with Gasteiger partial charge in [0.2, 0.25) is 10.0 Å². The average Bonchev–Trinajstić information content (AvgIpc) is 3.20. The lowest BCUT2D eigenvalue weighted by atomic mass is 9.95. The van der Waals surface area contributed by atoms with E-state index in [4.69, 9.17) is 11.6 Å². The fraction of sp³-hybridized carbons (Fsp3) is 0.296. The molecule has 0 bridgehead atoms. The van der Waals surface area contributed by atoms with E-state index in [0.29, 0.717) is 17.9 Å². The minimum Gasteiger partial charge on any atom is -0.264 e. The van der Waals surface area contributed by atoms with Gasteiger partial charge in [-0.2, -0.15) is 0 Å². The fourth-order valence-electron chi connectivity index (χ4n) is 4.34. The number of aromatic nitrogens is 1. The van der Waals surface area contributed by atoms with Crippen LogP contribution in [0.15, 0.2) is 78.0 Å². The number of nitrogens with one attached hydrogen (secondary N) is 1. The third-order valence-electron chi connectivity index (χ3n) is 6.02. The van der Waals surface area contributed by atoms with E-state index in [1.54, 1.807) is 18.3 Å². The Morgan fingerprint density at radius 2 is 1.85 bits per heavy atom. The van der Waals surface area contributed by atoms with Crippen LogP contribution in [0.25, 0.3) is 5.57 Å². The SMILES string of the molecule is CCCCCC=C(c1cccnc1)c1ccc2c(c1)CC(NS(=O)(=O)c1ccc(Cl)cc1)C2. The molecule has 1 atom stereocenters. The molecule has 172 valence electrons. The second-order valence-electron chi connectivity index (χ2n) is 8.52. The Balaban J connectivity index is 1.53. The minimum absolute atomic E-state index is 0.161. The van der Waals surface area contributed by atoms with Crippen molar-refractivity contribution in [1.29, 1.82) is 0 Å². The molecule has 1 aliphatic rings. The number of sulfonamides is 1. The molecule has 6 heteroatoms. The van der Waals surface area contributed by atoms with Crippen molar-refractivity contribution in [1.82, 2.24) is 9.71 Å². The number of fused-ring (bicyclic) bond motifs is 1. The molecule has 4 rings (SSSR count). The molecule has 0 spiro atoms. The van der Waals surface area contributed by atoms with Gasteiger partial charge in [-0.05, 0) is 78.3 Å². The van der Waals surface area contributed by atoms with E-state index < -0.39 is 10.0 Å². The lowest BCUT2D eigenvalue weighted by Crippen LogP contribution is -2.35. The number of hydrogen-bond acceptors (Lipinski definition) is 3. The molecule has 1 aliphatic carbocycles. The first-order valence-corrected chi connectivity index (χ1v) is 13.3. The predicted octanol–water partition coefficient (Wildman–Crippen LogP) is 6.19. The van der Waals surface area contributed by atoms with Crippen LogP contribution in [0.2, 0.25) is 5.02 Å². The van der Waals surface area contributed by atoms with Crippen molar-refractivity contribution in [2.75, 3.05) is 0 Å². The van der Waals surface area contributed by atoms with Gasteiger partial charge in [0.25, 0.3) is 0 Å². The molecule has 1 aromatic heterocycles. The summed E-state index contributed by atoms with van der Waals surface area (Å²) < 4.78 is 28.5. The molecule has 2 aromatic carbocycles. The summed E-state index contributed by atoms with van der Waals surface area (Å²) >= 11 is 5.90. The first-order valence-electron chi connectivity index (χ1n) is 11.5. The Morgan fingerprint density at radius 1 is 1.06 bits per heavy atom. The van der Waals surface area contributed by atoms with E-state index in [2.05, 4.69) is 47.0 Å².